The van der Waals surface area contributed by atoms with Gasteiger partial charge in [0, 0.05) is 32.2 Å². The van der Waals surface area contributed by atoms with Crippen LogP contribution in [-0.2, 0) is 9.59 Å². The number of ether oxygens (including phenoxy) is 1. The Balaban J connectivity index is 0.00000364. The van der Waals surface area contributed by atoms with Gasteiger partial charge in [-0.3, -0.25) is 19.7 Å². The van der Waals surface area contributed by atoms with Gasteiger partial charge in [0.2, 0.25) is 11.8 Å². The first kappa shape index (κ1) is 22.7. The van der Waals surface area contributed by atoms with Crippen LogP contribution in [0.2, 0.25) is 0 Å². The summed E-state index contributed by atoms with van der Waals surface area (Å²) in [6.45, 7) is 1.83. The van der Waals surface area contributed by atoms with Gasteiger partial charge >= 0.3 is 5.69 Å². The average molecular weight is 401 g/mol. The van der Waals surface area contributed by atoms with Crippen LogP contribution in [0.5, 0.6) is 5.75 Å². The van der Waals surface area contributed by atoms with E-state index in [-0.39, 0.29) is 54.6 Å². The third-order valence-electron chi connectivity index (χ3n) is 4.22. The van der Waals surface area contributed by atoms with Gasteiger partial charge in [0.25, 0.3) is 0 Å². The highest BCUT2D eigenvalue weighted by Gasteiger charge is 2.28. The summed E-state index contributed by atoms with van der Waals surface area (Å²) in [4.78, 5) is 36.5. The van der Waals surface area contributed by atoms with Gasteiger partial charge in [-0.1, -0.05) is 12.1 Å². The largest absolute Gasteiger partial charge is 0.486 e. The second-order valence-corrected chi connectivity index (χ2v) is 6.08. The predicted molar refractivity (Wildman–Crippen MR) is 102 cm³/mol. The molecule has 150 valence electrons. The number of benzene rings is 1. The molecule has 2 amide bonds. The molecule has 9 nitrogen and oxygen atoms in total. The Morgan fingerprint density at radius 2 is 2.11 bits per heavy atom. The molecule has 1 heterocycles. The number of rotatable bonds is 8. The van der Waals surface area contributed by atoms with Crippen LogP contribution in [0.15, 0.2) is 24.3 Å². The first-order valence-electron chi connectivity index (χ1n) is 8.64. The zero-order valence-electron chi connectivity index (χ0n) is 15.0. The first-order chi connectivity index (χ1) is 12.5. The van der Waals surface area contributed by atoms with Crippen LogP contribution in [0.25, 0.3) is 0 Å². The Kier molecular flexibility index (Phi) is 9.52. The van der Waals surface area contributed by atoms with Gasteiger partial charge < -0.3 is 20.7 Å². The van der Waals surface area contributed by atoms with E-state index < -0.39 is 4.92 Å². The highest BCUT2D eigenvalue weighted by Crippen LogP contribution is 2.26. The number of piperidine rings is 1. The van der Waals surface area contributed by atoms with Crippen LogP contribution in [0.1, 0.15) is 19.3 Å². The highest BCUT2D eigenvalue weighted by atomic mass is 35.5. The van der Waals surface area contributed by atoms with E-state index in [0.29, 0.717) is 26.2 Å². The normalized spacial score (nSPS) is 16.2. The number of nitro benzene ring substituents is 1. The molecule has 1 atom stereocenters. The number of halogens is 1. The van der Waals surface area contributed by atoms with Crippen molar-refractivity contribution in [1.29, 1.82) is 0 Å². The molecule has 1 aliphatic heterocycles. The minimum Gasteiger partial charge on any atom is -0.486 e. The van der Waals surface area contributed by atoms with E-state index in [1.54, 1.807) is 17.0 Å². The van der Waals surface area contributed by atoms with E-state index in [1.807, 2.05) is 0 Å². The summed E-state index contributed by atoms with van der Waals surface area (Å²) in [5.74, 6) is -0.289. The standard InChI is InChI=1S/C17H24N4O5.ClH/c18-8-9-19-17(23)13-4-3-10-20(12-13)16(22)7-11-26-15-6-2-1-5-14(15)21(24)25;/h1-2,5-6,13H,3-4,7-12,18H2,(H,19,23);1H. The summed E-state index contributed by atoms with van der Waals surface area (Å²) in [5, 5.41) is 13.7. The van der Waals surface area contributed by atoms with Crippen molar-refractivity contribution in [3.8, 4) is 5.75 Å². The summed E-state index contributed by atoms with van der Waals surface area (Å²) in [7, 11) is 0. The lowest BCUT2D eigenvalue weighted by Crippen LogP contribution is -2.46. The van der Waals surface area contributed by atoms with Crippen molar-refractivity contribution < 1.29 is 19.2 Å². The summed E-state index contributed by atoms with van der Waals surface area (Å²) < 4.78 is 5.40. The van der Waals surface area contributed by atoms with Crippen LogP contribution in [0, 0.1) is 16.0 Å². The molecule has 1 aromatic rings. The van der Waals surface area contributed by atoms with Crippen molar-refractivity contribution in [3.63, 3.8) is 0 Å². The van der Waals surface area contributed by atoms with Gasteiger partial charge in [0.15, 0.2) is 5.75 Å². The molecular weight excluding hydrogens is 376 g/mol. The molecule has 1 unspecified atom stereocenters. The molecular formula is C17H25ClN4O5. The van der Waals surface area contributed by atoms with Gasteiger partial charge in [-0.2, -0.15) is 0 Å². The Morgan fingerprint density at radius 3 is 2.81 bits per heavy atom. The van der Waals surface area contributed by atoms with Crippen molar-refractivity contribution in [2.45, 2.75) is 19.3 Å². The number of para-hydroxylation sites is 2. The lowest BCUT2D eigenvalue weighted by atomic mass is 9.97. The van der Waals surface area contributed by atoms with Gasteiger partial charge in [0.05, 0.1) is 23.9 Å². The number of nitrogens with zero attached hydrogens (tertiary/aromatic N) is 2. The van der Waals surface area contributed by atoms with Crippen LogP contribution in [0.3, 0.4) is 0 Å². The molecule has 0 radical (unpaired) electrons. The molecule has 0 aromatic heterocycles. The molecule has 1 aromatic carbocycles. The summed E-state index contributed by atoms with van der Waals surface area (Å²) in [6, 6.07) is 6.05. The lowest BCUT2D eigenvalue weighted by Gasteiger charge is -2.32. The number of carbonyl (C=O) groups excluding carboxylic acids is 2. The molecule has 0 aliphatic carbocycles. The Bertz CT molecular complexity index is 658. The monoisotopic (exact) mass is 400 g/mol. The van der Waals surface area contributed by atoms with Crippen LogP contribution >= 0.6 is 12.4 Å². The minimum atomic E-state index is -0.521. The van der Waals surface area contributed by atoms with E-state index in [1.165, 1.54) is 12.1 Å². The number of nitrogens with two attached hydrogens (primary N) is 1. The van der Waals surface area contributed by atoms with Gasteiger partial charge in [-0.25, -0.2) is 0 Å². The third-order valence-corrected chi connectivity index (χ3v) is 4.22. The van der Waals surface area contributed by atoms with Crippen molar-refractivity contribution in [2.75, 3.05) is 32.8 Å². The summed E-state index contributed by atoms with van der Waals surface area (Å²) >= 11 is 0. The molecule has 3 N–H and O–H groups in total. The maximum absolute atomic E-state index is 12.3. The minimum absolute atomic E-state index is 0. The SMILES string of the molecule is Cl.NCCNC(=O)C1CCCN(C(=O)CCOc2ccccc2[N+](=O)[O-])C1. The fraction of sp³-hybridized carbons (Fsp3) is 0.529. The summed E-state index contributed by atoms with van der Waals surface area (Å²) in [6.07, 6.45) is 1.60. The van der Waals surface area contributed by atoms with Crippen LogP contribution in [0.4, 0.5) is 5.69 Å². The second kappa shape index (κ2) is 11.3. The molecule has 27 heavy (non-hydrogen) atoms. The van der Waals surface area contributed by atoms with Crippen LogP contribution in [-0.4, -0.2) is 54.4 Å². The Hall–Kier alpha value is -2.39. The molecule has 1 fully saturated rings. The smallest absolute Gasteiger partial charge is 0.310 e. The van der Waals surface area contributed by atoms with Crippen molar-refractivity contribution >= 4 is 29.9 Å². The van der Waals surface area contributed by atoms with Crippen molar-refractivity contribution in [2.24, 2.45) is 11.7 Å². The average Bonchev–Trinajstić information content (AvgIpc) is 2.66. The second-order valence-electron chi connectivity index (χ2n) is 6.08. The third kappa shape index (κ3) is 6.69. The number of carbonyl (C=O) groups is 2. The molecule has 0 saturated carbocycles. The maximum atomic E-state index is 12.3. The predicted octanol–water partition coefficient (Wildman–Crippen LogP) is 1.10. The van der Waals surface area contributed by atoms with Gasteiger partial charge in [-0.05, 0) is 18.9 Å². The number of nitro groups is 1. The van der Waals surface area contributed by atoms with Gasteiger partial charge in [0.1, 0.15) is 0 Å². The van der Waals surface area contributed by atoms with Crippen LogP contribution < -0.4 is 15.8 Å². The zero-order valence-corrected chi connectivity index (χ0v) is 15.8. The summed E-state index contributed by atoms with van der Waals surface area (Å²) in [5.41, 5.74) is 5.25. The Labute approximate surface area is 163 Å². The van der Waals surface area contributed by atoms with Gasteiger partial charge in [-0.15, -0.1) is 12.4 Å². The number of hydrogen-bond acceptors (Lipinski definition) is 6. The number of nitrogens with one attached hydrogen (secondary N) is 1. The Morgan fingerprint density at radius 1 is 1.37 bits per heavy atom. The zero-order chi connectivity index (χ0) is 18.9. The number of amides is 2. The highest BCUT2D eigenvalue weighted by molar-refractivity contribution is 5.85. The van der Waals surface area contributed by atoms with E-state index in [2.05, 4.69) is 5.32 Å². The lowest BCUT2D eigenvalue weighted by molar-refractivity contribution is -0.385. The molecule has 1 aliphatic rings. The first-order valence-corrected chi connectivity index (χ1v) is 8.64. The topological polar surface area (TPSA) is 128 Å². The van der Waals surface area contributed by atoms with E-state index in [0.717, 1.165) is 12.8 Å². The van der Waals surface area contributed by atoms with Crippen molar-refractivity contribution in [1.82, 2.24) is 10.2 Å². The fourth-order valence-corrected chi connectivity index (χ4v) is 2.89. The van der Waals surface area contributed by atoms with E-state index in [9.17, 15) is 19.7 Å². The van der Waals surface area contributed by atoms with E-state index >= 15 is 0 Å². The number of hydrogen-bond donors (Lipinski definition) is 2. The quantitative estimate of drug-likeness (QED) is 0.496. The maximum Gasteiger partial charge on any atom is 0.310 e. The van der Waals surface area contributed by atoms with E-state index in [4.69, 9.17) is 10.5 Å². The fourth-order valence-electron chi connectivity index (χ4n) is 2.89. The molecule has 1 saturated heterocycles. The molecule has 0 spiro atoms. The van der Waals surface area contributed by atoms with Crippen molar-refractivity contribution in [3.05, 3.63) is 34.4 Å². The number of likely N-dealkylation sites (tertiary alicyclic amines) is 1. The molecule has 0 bridgehead atoms. The molecule has 2 rings (SSSR count). The molecule has 10 heteroatoms.